The SMILES string of the molecule is CC(=NNC(=S)Nc1ccccc1)c1cc2ccccc2oc1=O. The molecule has 0 aliphatic heterocycles. The van der Waals surface area contributed by atoms with Gasteiger partial charge in [0, 0.05) is 11.1 Å². The Bertz CT molecular complexity index is 965. The smallest absolute Gasteiger partial charge is 0.345 e. The van der Waals surface area contributed by atoms with Crippen LogP contribution in [-0.2, 0) is 0 Å². The summed E-state index contributed by atoms with van der Waals surface area (Å²) in [6, 6.07) is 18.6. The Hall–Kier alpha value is -2.99. The first kappa shape index (κ1) is 15.9. The van der Waals surface area contributed by atoms with Gasteiger partial charge in [0.25, 0.3) is 0 Å². The molecule has 6 heteroatoms. The molecule has 1 aromatic heterocycles. The average molecular weight is 337 g/mol. The maximum absolute atomic E-state index is 12.1. The van der Waals surface area contributed by atoms with E-state index in [1.807, 2.05) is 48.5 Å². The predicted octanol–water partition coefficient (Wildman–Crippen LogP) is 3.50. The number of nitrogens with zero attached hydrogens (tertiary/aromatic N) is 1. The molecule has 0 amide bonds. The van der Waals surface area contributed by atoms with Crippen LogP contribution >= 0.6 is 12.2 Å². The van der Waals surface area contributed by atoms with E-state index < -0.39 is 5.63 Å². The molecule has 3 rings (SSSR count). The van der Waals surface area contributed by atoms with E-state index in [1.165, 1.54) is 0 Å². The van der Waals surface area contributed by atoms with Gasteiger partial charge in [0.1, 0.15) is 5.58 Å². The summed E-state index contributed by atoms with van der Waals surface area (Å²) < 4.78 is 5.30. The topological polar surface area (TPSA) is 66.6 Å². The highest BCUT2D eigenvalue weighted by Crippen LogP contribution is 2.13. The number of hydrogen-bond acceptors (Lipinski definition) is 4. The lowest BCUT2D eigenvalue weighted by Crippen LogP contribution is -2.25. The lowest BCUT2D eigenvalue weighted by atomic mass is 10.1. The quantitative estimate of drug-likeness (QED) is 0.331. The van der Waals surface area contributed by atoms with Gasteiger partial charge in [-0.25, -0.2) is 4.79 Å². The van der Waals surface area contributed by atoms with Gasteiger partial charge in [-0.15, -0.1) is 0 Å². The highest BCUT2D eigenvalue weighted by atomic mass is 32.1. The average Bonchev–Trinajstić information content (AvgIpc) is 2.60. The Morgan fingerprint density at radius 3 is 2.58 bits per heavy atom. The molecule has 0 spiro atoms. The second kappa shape index (κ2) is 7.06. The van der Waals surface area contributed by atoms with Crippen molar-refractivity contribution in [1.82, 2.24) is 5.43 Å². The van der Waals surface area contributed by atoms with Crippen molar-refractivity contribution in [1.29, 1.82) is 0 Å². The third-order valence-corrected chi connectivity index (χ3v) is 3.58. The van der Waals surface area contributed by atoms with E-state index in [4.69, 9.17) is 16.6 Å². The number of rotatable bonds is 3. The molecule has 0 aliphatic carbocycles. The number of anilines is 1. The zero-order valence-corrected chi connectivity index (χ0v) is 13.8. The minimum absolute atomic E-state index is 0.339. The van der Waals surface area contributed by atoms with Crippen LogP contribution in [0.1, 0.15) is 12.5 Å². The highest BCUT2D eigenvalue weighted by Gasteiger charge is 2.08. The molecule has 0 unspecified atom stereocenters. The van der Waals surface area contributed by atoms with Gasteiger partial charge < -0.3 is 9.73 Å². The third kappa shape index (κ3) is 3.67. The number of hydrazone groups is 1. The summed E-state index contributed by atoms with van der Waals surface area (Å²) in [7, 11) is 0. The van der Waals surface area contributed by atoms with Crippen molar-refractivity contribution in [3.63, 3.8) is 0 Å². The van der Waals surface area contributed by atoms with Gasteiger partial charge in [-0.3, -0.25) is 5.43 Å². The Balaban J connectivity index is 1.77. The monoisotopic (exact) mass is 337 g/mol. The molecule has 0 bridgehead atoms. The summed E-state index contributed by atoms with van der Waals surface area (Å²) in [6.45, 7) is 1.72. The molecule has 0 radical (unpaired) electrons. The zero-order chi connectivity index (χ0) is 16.9. The zero-order valence-electron chi connectivity index (χ0n) is 12.9. The maximum Gasteiger partial charge on any atom is 0.345 e. The summed E-state index contributed by atoms with van der Waals surface area (Å²) in [5.74, 6) is 0. The van der Waals surface area contributed by atoms with Crippen molar-refractivity contribution >= 4 is 39.7 Å². The molecule has 2 aromatic carbocycles. The Kier molecular flexibility index (Phi) is 4.67. The van der Waals surface area contributed by atoms with Crippen molar-refractivity contribution < 1.29 is 4.42 Å². The summed E-state index contributed by atoms with van der Waals surface area (Å²) in [4.78, 5) is 12.1. The first-order chi connectivity index (χ1) is 11.6. The summed E-state index contributed by atoms with van der Waals surface area (Å²) >= 11 is 5.18. The Morgan fingerprint density at radius 1 is 1.08 bits per heavy atom. The second-order valence-corrected chi connectivity index (χ2v) is 5.52. The fourth-order valence-corrected chi connectivity index (χ4v) is 2.35. The van der Waals surface area contributed by atoms with Crippen LogP contribution in [0.4, 0.5) is 5.69 Å². The molecular weight excluding hydrogens is 322 g/mol. The third-order valence-electron chi connectivity index (χ3n) is 3.39. The number of para-hydroxylation sites is 2. The van der Waals surface area contributed by atoms with E-state index in [-0.39, 0.29) is 0 Å². The number of thiocarbonyl (C=S) groups is 1. The fraction of sp³-hybridized carbons (Fsp3) is 0.0556. The van der Waals surface area contributed by atoms with Crippen LogP contribution in [0.25, 0.3) is 11.0 Å². The van der Waals surface area contributed by atoms with E-state index in [0.717, 1.165) is 11.1 Å². The summed E-state index contributed by atoms with van der Waals surface area (Å²) in [6.07, 6.45) is 0. The van der Waals surface area contributed by atoms with Gasteiger partial charge in [-0.2, -0.15) is 5.10 Å². The van der Waals surface area contributed by atoms with Crippen LogP contribution in [0, 0.1) is 0 Å². The van der Waals surface area contributed by atoms with Crippen molar-refractivity contribution in [3.8, 4) is 0 Å². The van der Waals surface area contributed by atoms with Crippen LogP contribution in [-0.4, -0.2) is 10.8 Å². The molecule has 0 saturated heterocycles. The van der Waals surface area contributed by atoms with Crippen LogP contribution < -0.4 is 16.4 Å². The normalized spacial score (nSPS) is 11.3. The Morgan fingerprint density at radius 2 is 1.79 bits per heavy atom. The molecule has 120 valence electrons. The number of fused-ring (bicyclic) bond motifs is 1. The minimum atomic E-state index is -0.432. The first-order valence-electron chi connectivity index (χ1n) is 7.33. The summed E-state index contributed by atoms with van der Waals surface area (Å²) in [5.41, 5.74) is 4.59. The lowest BCUT2D eigenvalue weighted by Gasteiger charge is -2.07. The Labute approximate surface area is 144 Å². The molecule has 2 N–H and O–H groups in total. The van der Waals surface area contributed by atoms with Crippen molar-refractivity contribution in [2.24, 2.45) is 5.10 Å². The maximum atomic E-state index is 12.1. The fourth-order valence-electron chi connectivity index (χ4n) is 2.19. The molecular formula is C18H15N3O2S. The summed E-state index contributed by atoms with van der Waals surface area (Å²) in [5, 5.41) is 8.34. The van der Waals surface area contributed by atoms with Gasteiger partial charge in [0.05, 0.1) is 11.3 Å². The van der Waals surface area contributed by atoms with Crippen LogP contribution in [0.15, 0.2) is 75.0 Å². The van der Waals surface area contributed by atoms with E-state index in [0.29, 0.717) is 22.0 Å². The van der Waals surface area contributed by atoms with E-state index in [9.17, 15) is 4.79 Å². The minimum Gasteiger partial charge on any atom is -0.422 e. The van der Waals surface area contributed by atoms with Crippen LogP contribution in [0.3, 0.4) is 0 Å². The van der Waals surface area contributed by atoms with E-state index in [1.54, 1.807) is 19.1 Å². The van der Waals surface area contributed by atoms with E-state index in [2.05, 4.69) is 15.8 Å². The van der Waals surface area contributed by atoms with Gasteiger partial charge in [0.15, 0.2) is 5.11 Å². The van der Waals surface area contributed by atoms with Crippen LogP contribution in [0.2, 0.25) is 0 Å². The lowest BCUT2D eigenvalue weighted by molar-refractivity contribution is 0.559. The van der Waals surface area contributed by atoms with Crippen molar-refractivity contribution in [2.75, 3.05) is 5.32 Å². The molecule has 0 aliphatic rings. The van der Waals surface area contributed by atoms with Crippen molar-refractivity contribution in [3.05, 3.63) is 76.6 Å². The number of hydrogen-bond donors (Lipinski definition) is 2. The van der Waals surface area contributed by atoms with Gasteiger partial charge in [-0.05, 0) is 43.4 Å². The molecule has 0 saturated carbocycles. The van der Waals surface area contributed by atoms with Crippen molar-refractivity contribution in [2.45, 2.75) is 6.92 Å². The molecule has 5 nitrogen and oxygen atoms in total. The molecule has 1 heterocycles. The predicted molar refractivity (Wildman–Crippen MR) is 100 cm³/mol. The van der Waals surface area contributed by atoms with Gasteiger partial charge in [-0.1, -0.05) is 36.4 Å². The number of nitrogens with one attached hydrogen (secondary N) is 2. The molecule has 0 fully saturated rings. The standard InChI is InChI=1S/C18H15N3O2S/c1-12(20-21-18(24)19-14-8-3-2-4-9-14)15-11-13-7-5-6-10-16(13)23-17(15)22/h2-11H,1H3,(H2,19,21,24). The highest BCUT2D eigenvalue weighted by molar-refractivity contribution is 7.80. The molecule has 3 aromatic rings. The van der Waals surface area contributed by atoms with Crippen LogP contribution in [0.5, 0.6) is 0 Å². The van der Waals surface area contributed by atoms with Gasteiger partial charge in [0.2, 0.25) is 0 Å². The number of benzene rings is 2. The first-order valence-corrected chi connectivity index (χ1v) is 7.74. The van der Waals surface area contributed by atoms with E-state index >= 15 is 0 Å². The molecule has 0 atom stereocenters. The largest absolute Gasteiger partial charge is 0.422 e. The molecule has 24 heavy (non-hydrogen) atoms. The second-order valence-electron chi connectivity index (χ2n) is 5.11. The van der Waals surface area contributed by atoms with Gasteiger partial charge >= 0.3 is 5.63 Å².